The van der Waals surface area contributed by atoms with Gasteiger partial charge in [-0.2, -0.15) is 0 Å². The standard InChI is InChI=1S/C29H37N3O7S/c1-7-38-27(34)19-9-8-12-31(15-19)24(33)13-20-16-40-29-30-18(4)25(28(35)39-17(2)3)26(32(20)29)22-11-10-21(36-5)14-23(22)37-6/h10-11,14,16-17,19,26H,7-9,12-13,15H2,1-6H3/t19-,26-/m0/s1. The van der Waals surface area contributed by atoms with Gasteiger partial charge in [-0.25, -0.2) is 9.79 Å². The minimum Gasteiger partial charge on any atom is -0.497 e. The summed E-state index contributed by atoms with van der Waals surface area (Å²) in [5, 5.41) is 2.56. The highest BCUT2D eigenvalue weighted by molar-refractivity contribution is 8.16. The highest BCUT2D eigenvalue weighted by Gasteiger charge is 2.43. The third-order valence-corrected chi connectivity index (χ3v) is 7.91. The Morgan fingerprint density at radius 2 is 1.95 bits per heavy atom. The lowest BCUT2D eigenvalue weighted by molar-refractivity contribution is -0.151. The minimum atomic E-state index is -0.637. The topological polar surface area (TPSA) is 107 Å². The fourth-order valence-electron chi connectivity index (χ4n) is 5.17. The van der Waals surface area contributed by atoms with Gasteiger partial charge in [-0.05, 0) is 58.1 Å². The van der Waals surface area contributed by atoms with Crippen LogP contribution in [0, 0.1) is 5.92 Å². The van der Waals surface area contributed by atoms with Crippen molar-refractivity contribution in [1.82, 2.24) is 9.80 Å². The summed E-state index contributed by atoms with van der Waals surface area (Å²) in [5.41, 5.74) is 2.34. The van der Waals surface area contributed by atoms with Crippen LogP contribution >= 0.6 is 11.8 Å². The van der Waals surface area contributed by atoms with Crippen LogP contribution in [-0.4, -0.2) is 72.8 Å². The summed E-state index contributed by atoms with van der Waals surface area (Å²) in [6.45, 7) is 8.39. The van der Waals surface area contributed by atoms with E-state index in [9.17, 15) is 14.4 Å². The zero-order valence-corrected chi connectivity index (χ0v) is 24.7. The molecule has 11 heteroatoms. The zero-order chi connectivity index (χ0) is 29.0. The van der Waals surface area contributed by atoms with Crippen LogP contribution in [0.2, 0.25) is 0 Å². The van der Waals surface area contributed by atoms with Crippen LogP contribution < -0.4 is 9.47 Å². The van der Waals surface area contributed by atoms with E-state index in [0.717, 1.165) is 6.42 Å². The van der Waals surface area contributed by atoms with E-state index in [2.05, 4.69) is 0 Å². The van der Waals surface area contributed by atoms with Crippen LogP contribution in [0.1, 0.15) is 58.6 Å². The number of nitrogens with zero attached hydrogens (tertiary/aromatic N) is 3. The molecule has 10 nitrogen and oxygen atoms in total. The molecule has 0 saturated carbocycles. The van der Waals surface area contributed by atoms with E-state index in [1.807, 2.05) is 22.4 Å². The van der Waals surface area contributed by atoms with Gasteiger partial charge in [0.15, 0.2) is 5.17 Å². The number of hydrogen-bond acceptors (Lipinski definition) is 10. The molecule has 1 saturated heterocycles. The van der Waals surface area contributed by atoms with Gasteiger partial charge in [0, 0.05) is 30.4 Å². The number of likely N-dealkylation sites (tertiary alicyclic amines) is 1. The van der Waals surface area contributed by atoms with Gasteiger partial charge >= 0.3 is 11.9 Å². The third-order valence-electron chi connectivity index (χ3n) is 7.02. The number of benzene rings is 1. The van der Waals surface area contributed by atoms with Crippen molar-refractivity contribution in [3.05, 3.63) is 46.1 Å². The first kappa shape index (κ1) is 29.5. The normalized spacial score (nSPS) is 20.6. The molecule has 0 radical (unpaired) electrons. The number of esters is 2. The number of allylic oxidation sites excluding steroid dienone is 1. The number of amides is 1. The molecule has 1 aromatic rings. The van der Waals surface area contributed by atoms with E-state index in [1.165, 1.54) is 11.8 Å². The van der Waals surface area contributed by atoms with Crippen LogP contribution in [0.25, 0.3) is 0 Å². The van der Waals surface area contributed by atoms with Crippen LogP contribution in [0.3, 0.4) is 0 Å². The number of fused-ring (bicyclic) bond motifs is 1. The first-order valence-corrected chi connectivity index (χ1v) is 14.4. The number of thioether (sulfide) groups is 1. The van der Waals surface area contributed by atoms with Gasteiger partial charge in [0.05, 0.1) is 56.6 Å². The van der Waals surface area contributed by atoms with Crippen molar-refractivity contribution in [2.24, 2.45) is 10.9 Å². The molecule has 1 amide bonds. The maximum Gasteiger partial charge on any atom is 0.338 e. The molecule has 2 atom stereocenters. The summed E-state index contributed by atoms with van der Waals surface area (Å²) in [5.74, 6) is -0.0173. The maximum absolute atomic E-state index is 13.5. The molecule has 0 N–H and O–H groups in total. The Balaban J connectivity index is 1.67. The van der Waals surface area contributed by atoms with E-state index in [1.54, 1.807) is 52.9 Å². The molecular formula is C29H37N3O7S. The Hall–Kier alpha value is -3.47. The summed E-state index contributed by atoms with van der Waals surface area (Å²) >= 11 is 1.40. The molecule has 4 rings (SSSR count). The number of amidine groups is 1. The summed E-state index contributed by atoms with van der Waals surface area (Å²) in [4.78, 5) is 47.7. The van der Waals surface area contributed by atoms with Gasteiger partial charge in [0.2, 0.25) is 5.91 Å². The van der Waals surface area contributed by atoms with Gasteiger partial charge in [0.1, 0.15) is 11.5 Å². The largest absolute Gasteiger partial charge is 0.497 e. The van der Waals surface area contributed by atoms with Crippen molar-refractivity contribution in [2.75, 3.05) is 33.9 Å². The second-order valence-electron chi connectivity index (χ2n) is 10.1. The Morgan fingerprint density at radius 3 is 2.62 bits per heavy atom. The first-order valence-electron chi connectivity index (χ1n) is 13.5. The second-order valence-corrected chi connectivity index (χ2v) is 10.9. The lowest BCUT2D eigenvalue weighted by Gasteiger charge is -2.38. The van der Waals surface area contributed by atoms with E-state index in [4.69, 9.17) is 23.9 Å². The zero-order valence-electron chi connectivity index (χ0n) is 23.9. The van der Waals surface area contributed by atoms with Gasteiger partial charge < -0.3 is 28.7 Å². The predicted octanol–water partition coefficient (Wildman–Crippen LogP) is 4.42. The van der Waals surface area contributed by atoms with E-state index >= 15 is 0 Å². The molecule has 0 spiro atoms. The van der Waals surface area contributed by atoms with E-state index in [-0.39, 0.29) is 30.3 Å². The molecule has 40 heavy (non-hydrogen) atoms. The van der Waals surface area contributed by atoms with Crippen LogP contribution in [0.15, 0.2) is 45.6 Å². The molecule has 0 unspecified atom stereocenters. The minimum absolute atomic E-state index is 0.0854. The Kier molecular flexibility index (Phi) is 9.44. The highest BCUT2D eigenvalue weighted by atomic mass is 32.2. The SMILES string of the molecule is CCOC(=O)[C@H]1CCCN(C(=O)CC2=CSC3=NC(C)=C(C(=O)OC(C)C)[C@H](c4ccc(OC)cc4OC)N23)C1. The molecule has 1 fully saturated rings. The number of rotatable bonds is 9. The van der Waals surface area contributed by atoms with Gasteiger partial charge in [-0.1, -0.05) is 11.8 Å². The number of hydrogen-bond donors (Lipinski definition) is 0. The molecule has 0 aromatic heterocycles. The average molecular weight is 572 g/mol. The summed E-state index contributed by atoms with van der Waals surface area (Å²) in [7, 11) is 3.14. The van der Waals surface area contributed by atoms with Crippen molar-refractivity contribution in [3.8, 4) is 11.5 Å². The van der Waals surface area contributed by atoms with Crippen molar-refractivity contribution >= 4 is 34.8 Å². The summed E-state index contributed by atoms with van der Waals surface area (Å²) < 4.78 is 22.0. The fourth-order valence-corrected chi connectivity index (χ4v) is 6.13. The molecule has 1 aromatic carbocycles. The molecule has 0 aliphatic carbocycles. The number of aliphatic imine (C=N–C) groups is 1. The molecule has 3 aliphatic heterocycles. The molecular weight excluding hydrogens is 534 g/mol. The van der Waals surface area contributed by atoms with Crippen LogP contribution in [0.5, 0.6) is 11.5 Å². The van der Waals surface area contributed by atoms with E-state index < -0.39 is 12.0 Å². The average Bonchev–Trinajstić information content (AvgIpc) is 3.33. The number of methoxy groups -OCH3 is 2. The number of ether oxygens (including phenoxy) is 4. The van der Waals surface area contributed by atoms with Crippen molar-refractivity contribution in [3.63, 3.8) is 0 Å². The highest BCUT2D eigenvalue weighted by Crippen LogP contribution is 2.47. The van der Waals surface area contributed by atoms with Gasteiger partial charge in [-0.15, -0.1) is 0 Å². The molecule has 0 bridgehead atoms. The van der Waals surface area contributed by atoms with Crippen molar-refractivity contribution in [1.29, 1.82) is 0 Å². The molecule has 216 valence electrons. The Morgan fingerprint density at radius 1 is 1.18 bits per heavy atom. The molecule has 3 aliphatic rings. The number of piperidine rings is 1. The smallest absolute Gasteiger partial charge is 0.338 e. The quantitative estimate of drug-likeness (QED) is 0.398. The fraction of sp³-hybridized carbons (Fsp3) is 0.517. The van der Waals surface area contributed by atoms with Crippen LogP contribution in [-0.2, 0) is 23.9 Å². The number of carbonyl (C=O) groups is 3. The Bertz CT molecular complexity index is 1260. The summed E-state index contributed by atoms with van der Waals surface area (Å²) in [6, 6.07) is 4.80. The molecule has 3 heterocycles. The summed E-state index contributed by atoms with van der Waals surface area (Å²) in [6.07, 6.45) is 1.20. The second kappa shape index (κ2) is 12.8. The van der Waals surface area contributed by atoms with Crippen molar-refractivity contribution in [2.45, 2.75) is 59.1 Å². The lowest BCUT2D eigenvalue weighted by Crippen LogP contribution is -2.44. The predicted molar refractivity (Wildman–Crippen MR) is 152 cm³/mol. The van der Waals surface area contributed by atoms with Gasteiger partial charge in [-0.3, -0.25) is 9.59 Å². The van der Waals surface area contributed by atoms with E-state index in [0.29, 0.717) is 65.3 Å². The first-order chi connectivity index (χ1) is 19.2. The Labute approximate surface area is 239 Å². The van der Waals surface area contributed by atoms with Crippen molar-refractivity contribution < 1.29 is 33.3 Å². The monoisotopic (exact) mass is 571 g/mol. The lowest BCUT2D eigenvalue weighted by atomic mass is 9.92. The van der Waals surface area contributed by atoms with Gasteiger partial charge in [0.25, 0.3) is 0 Å². The maximum atomic E-state index is 13.5. The third kappa shape index (κ3) is 6.14. The van der Waals surface area contributed by atoms with Crippen LogP contribution in [0.4, 0.5) is 0 Å². The number of carbonyl (C=O) groups excluding carboxylic acids is 3.